The van der Waals surface area contributed by atoms with Crippen LogP contribution in [0.1, 0.15) is 0 Å². The van der Waals surface area contributed by atoms with Gasteiger partial charge in [0, 0.05) is 58.1 Å². The van der Waals surface area contributed by atoms with E-state index < -0.39 is 0 Å². The maximum absolute atomic E-state index is 8.06. The summed E-state index contributed by atoms with van der Waals surface area (Å²) < 4.78 is 8.06. The molecule has 0 aromatic rings. The fraction of sp³-hybridized carbons (Fsp3) is 0. The summed E-state index contributed by atoms with van der Waals surface area (Å²) in [5, 5.41) is 0. The van der Waals surface area contributed by atoms with Crippen molar-refractivity contribution in [3.05, 3.63) is 0 Å². The first-order valence-electron chi connectivity index (χ1n) is 0.154. The van der Waals surface area contributed by atoms with Gasteiger partial charge in [0.1, 0.15) is 0 Å². The van der Waals surface area contributed by atoms with Gasteiger partial charge in [-0.1, -0.05) is 0 Å². The molecule has 0 saturated carbocycles. The van der Waals surface area contributed by atoms with Gasteiger partial charge in [0.05, 0.1) is 0 Å². The quantitative estimate of drug-likeness (QED) is 0.505. The molecule has 5 heteroatoms. The molecule has 0 aliphatic rings. The van der Waals surface area contributed by atoms with Gasteiger partial charge in [0.2, 0.25) is 0 Å². The van der Waals surface area contributed by atoms with E-state index in [1.54, 1.807) is 15.9 Å². The van der Waals surface area contributed by atoms with Crippen LogP contribution < -0.4 is 0 Å². The van der Waals surface area contributed by atoms with Gasteiger partial charge in [-0.05, 0) is 0 Å². The first-order valence-corrected chi connectivity index (χ1v) is 0.636. The summed E-state index contributed by atoms with van der Waals surface area (Å²) in [4.78, 5) is 0. The monoisotopic (exact) mass is 361 g/mol. The minimum atomic E-state index is 0. The minimum absolute atomic E-state index is 0. The summed E-state index contributed by atoms with van der Waals surface area (Å²) >= 11 is 1.69. The second-order valence-corrected chi connectivity index (χ2v) is 0. The zero-order chi connectivity index (χ0) is 2.00. The summed E-state index contributed by atoms with van der Waals surface area (Å²) in [6.07, 6.45) is 0. The van der Waals surface area contributed by atoms with Crippen LogP contribution in [0.15, 0.2) is 0 Å². The van der Waals surface area contributed by atoms with E-state index in [2.05, 4.69) is 0 Å². The number of hydrogen-bond acceptors (Lipinski definition) is 1. The standard InChI is InChI=1S/Co.Mn.O.Pr.Sr.2H. The predicted molar refractivity (Wildman–Crippen MR) is 9.23 cm³/mol. The van der Waals surface area contributed by atoms with E-state index >= 15 is 0 Å². The first-order chi connectivity index (χ1) is 1.00. The molecular weight excluding hydrogens is 358 g/mol. The Morgan fingerprint density at radius 3 is 1.20 bits per heavy atom. The van der Waals surface area contributed by atoms with E-state index in [9.17, 15) is 0 Å². The molecule has 2 radical (unpaired) electrons. The molecule has 0 unspecified atom stereocenters. The van der Waals surface area contributed by atoms with Gasteiger partial charge in [-0.2, -0.15) is 0 Å². The third-order valence-electron chi connectivity index (χ3n) is 0. The van der Waals surface area contributed by atoms with Crippen LogP contribution in [0.3, 0.4) is 0 Å². The Balaban J connectivity index is -0.00000000167. The second-order valence-electron chi connectivity index (χ2n) is 0. The third-order valence-corrected chi connectivity index (χ3v) is 0. The molecule has 0 spiro atoms. The summed E-state index contributed by atoms with van der Waals surface area (Å²) in [6.45, 7) is 0. The Hall–Kier alpha value is 3.67. The van der Waals surface area contributed by atoms with Crippen molar-refractivity contribution in [2.24, 2.45) is 0 Å². The fourth-order valence-corrected chi connectivity index (χ4v) is 0. The Morgan fingerprint density at radius 1 is 1.20 bits per heavy atom. The zero-order valence-corrected chi connectivity index (χ0v) is 7.62. The summed E-state index contributed by atoms with van der Waals surface area (Å²) in [7, 11) is 0. The molecule has 0 aliphatic carbocycles. The van der Waals surface area contributed by atoms with Crippen molar-refractivity contribution in [1.82, 2.24) is 0 Å². The van der Waals surface area contributed by atoms with Crippen LogP contribution in [-0.4, -0.2) is 45.5 Å². The van der Waals surface area contributed by atoms with E-state index in [0.29, 0.717) is 0 Å². The van der Waals surface area contributed by atoms with Crippen LogP contribution in [0, 0.1) is 41.3 Å². The Labute approximate surface area is 120 Å². The van der Waals surface area contributed by atoms with E-state index in [-0.39, 0.29) is 104 Å². The van der Waals surface area contributed by atoms with Gasteiger partial charge in [0.15, 0.2) is 0 Å². The molecular formula is H2CoMnOPrSr. The van der Waals surface area contributed by atoms with E-state index in [0.717, 1.165) is 0 Å². The van der Waals surface area contributed by atoms with Crippen LogP contribution in [0.4, 0.5) is 0 Å². The molecule has 0 aromatic carbocycles. The number of rotatable bonds is 0. The van der Waals surface area contributed by atoms with Gasteiger partial charge in [-0.15, -0.1) is 0 Å². The molecule has 0 aliphatic heterocycles. The van der Waals surface area contributed by atoms with E-state index in [1.807, 2.05) is 0 Å². The van der Waals surface area contributed by atoms with Crippen LogP contribution in [0.25, 0.3) is 0 Å². The normalized spacial score (nSPS) is 0.800. The second kappa shape index (κ2) is 25.3. The molecule has 0 heterocycles. The topological polar surface area (TPSA) is 17.1 Å². The van der Waals surface area contributed by atoms with Crippen molar-refractivity contribution in [2.75, 3.05) is 0 Å². The zero-order valence-electron chi connectivity index (χ0n) is 1.70. The molecule has 0 N–H and O–H groups in total. The fourth-order valence-electron chi connectivity index (χ4n) is 0. The van der Waals surface area contributed by atoms with Crippen LogP contribution in [-0.2, 0) is 36.6 Å². The van der Waals surface area contributed by atoms with Crippen LogP contribution in [0.5, 0.6) is 0 Å². The first kappa shape index (κ1) is 23.4. The van der Waals surface area contributed by atoms with Gasteiger partial charge in [-0.3, -0.25) is 0 Å². The molecule has 0 rings (SSSR count). The van der Waals surface area contributed by atoms with Gasteiger partial charge < -0.3 is 0 Å². The molecule has 0 aromatic heterocycles. The molecule has 0 bridgehead atoms. The molecule has 0 amide bonds. The van der Waals surface area contributed by atoms with E-state index in [4.69, 9.17) is 3.83 Å². The predicted octanol–water partition coefficient (Wildman–Crippen LogP) is -1.04. The number of hydrogen-bond donors (Lipinski definition) is 0. The molecule has 1 nitrogen and oxygen atoms in total. The molecule has 0 atom stereocenters. The van der Waals surface area contributed by atoms with E-state index in [1.165, 1.54) is 0 Å². The van der Waals surface area contributed by atoms with Crippen molar-refractivity contribution in [1.29, 1.82) is 0 Å². The van der Waals surface area contributed by atoms with Crippen molar-refractivity contribution in [2.45, 2.75) is 0 Å². The average Bonchev–Trinajstić information content (AvgIpc) is 1.00. The molecule has 5 heavy (non-hydrogen) atoms. The maximum atomic E-state index is 8.06. The van der Waals surface area contributed by atoms with Gasteiger partial charge in [0.25, 0.3) is 0 Å². The van der Waals surface area contributed by atoms with Crippen molar-refractivity contribution in [3.8, 4) is 0 Å². The van der Waals surface area contributed by atoms with Crippen LogP contribution in [0.2, 0.25) is 0 Å². The van der Waals surface area contributed by atoms with Gasteiger partial charge in [-0.25, -0.2) is 0 Å². The SMILES string of the molecule is [Co].[O]=[Mn].[Pr].[SrH2]. The molecule has 29 valence electrons. The summed E-state index contributed by atoms with van der Waals surface area (Å²) in [5.41, 5.74) is 0. The Bertz CT molecular complexity index is 11.6. The average molecular weight is 360 g/mol. The van der Waals surface area contributed by atoms with Crippen molar-refractivity contribution in [3.63, 3.8) is 0 Å². The Kier molecular flexibility index (Phi) is 118. The summed E-state index contributed by atoms with van der Waals surface area (Å²) in [5.74, 6) is 0. The third kappa shape index (κ3) is 18.3. The summed E-state index contributed by atoms with van der Waals surface area (Å²) in [6, 6.07) is 0. The molecule has 0 saturated heterocycles. The Morgan fingerprint density at radius 2 is 1.20 bits per heavy atom. The van der Waals surface area contributed by atoms with Gasteiger partial charge >= 0.3 is 65.3 Å². The van der Waals surface area contributed by atoms with Crippen LogP contribution >= 0.6 is 0 Å². The molecule has 0 fully saturated rings. The van der Waals surface area contributed by atoms with Crippen molar-refractivity contribution < 1.29 is 77.9 Å². The van der Waals surface area contributed by atoms with Crippen molar-refractivity contribution >= 4 is 45.5 Å².